The van der Waals surface area contributed by atoms with Gasteiger partial charge in [0.25, 0.3) is 0 Å². The van der Waals surface area contributed by atoms with Crippen LogP contribution in [-0.4, -0.2) is 22.2 Å². The molecule has 1 aliphatic rings. The molecule has 0 spiro atoms. The Hall–Kier alpha value is -0.450. The Labute approximate surface area is 114 Å². The van der Waals surface area contributed by atoms with E-state index in [-0.39, 0.29) is 12.1 Å². The van der Waals surface area contributed by atoms with Crippen LogP contribution in [0.4, 0.5) is 0 Å². The third kappa shape index (κ3) is 3.11. The van der Waals surface area contributed by atoms with E-state index in [1.54, 1.807) is 11.3 Å². The van der Waals surface area contributed by atoms with Gasteiger partial charge in [-0.05, 0) is 32.6 Å². The summed E-state index contributed by atoms with van der Waals surface area (Å²) in [5.41, 5.74) is 1.05. The highest BCUT2D eigenvalue weighted by Gasteiger charge is 2.33. The van der Waals surface area contributed by atoms with Gasteiger partial charge in [-0.15, -0.1) is 11.3 Å². The van der Waals surface area contributed by atoms with Crippen LogP contribution < -0.4 is 5.32 Å². The molecule has 0 aromatic carbocycles. The van der Waals surface area contributed by atoms with E-state index in [0.29, 0.717) is 5.92 Å². The smallest absolute Gasteiger partial charge is 0.107 e. The molecule has 3 nitrogen and oxygen atoms in total. The Kier molecular flexibility index (Phi) is 4.41. The minimum atomic E-state index is -0.0782. The van der Waals surface area contributed by atoms with Crippen LogP contribution in [-0.2, 0) is 6.54 Å². The summed E-state index contributed by atoms with van der Waals surface area (Å²) in [7, 11) is 0. The van der Waals surface area contributed by atoms with E-state index in [4.69, 9.17) is 0 Å². The van der Waals surface area contributed by atoms with Crippen molar-refractivity contribution < 1.29 is 5.11 Å². The number of hydrogen-bond donors (Lipinski definition) is 2. The third-order valence-electron chi connectivity index (χ3n) is 4.08. The molecule has 2 N–H and O–H groups in total. The minimum Gasteiger partial charge on any atom is -0.394 e. The zero-order valence-electron chi connectivity index (χ0n) is 11.6. The molecule has 4 heteroatoms. The van der Waals surface area contributed by atoms with Crippen molar-refractivity contribution >= 4 is 11.3 Å². The van der Waals surface area contributed by atoms with E-state index in [1.807, 2.05) is 0 Å². The Morgan fingerprint density at radius 1 is 1.50 bits per heavy atom. The summed E-state index contributed by atoms with van der Waals surface area (Å²) in [6.45, 7) is 7.47. The van der Waals surface area contributed by atoms with Crippen molar-refractivity contribution in [2.45, 2.75) is 58.5 Å². The van der Waals surface area contributed by atoms with Crippen LogP contribution in [0.3, 0.4) is 0 Å². The molecule has 1 aromatic rings. The lowest BCUT2D eigenvalue weighted by Crippen LogP contribution is -2.51. The highest BCUT2D eigenvalue weighted by molar-refractivity contribution is 7.11. The lowest BCUT2D eigenvalue weighted by molar-refractivity contribution is 0.0982. The molecule has 18 heavy (non-hydrogen) atoms. The van der Waals surface area contributed by atoms with Gasteiger partial charge in [0, 0.05) is 17.0 Å². The first kappa shape index (κ1) is 14.0. The Morgan fingerprint density at radius 2 is 2.28 bits per heavy atom. The normalized spacial score (nSPS) is 28.6. The lowest BCUT2D eigenvalue weighted by Gasteiger charge is -2.39. The minimum absolute atomic E-state index is 0.0782. The van der Waals surface area contributed by atoms with Crippen LogP contribution in [0.15, 0.2) is 0 Å². The van der Waals surface area contributed by atoms with Gasteiger partial charge in [-0.25, -0.2) is 4.98 Å². The third-order valence-corrected chi connectivity index (χ3v) is 5.15. The fourth-order valence-corrected chi connectivity index (χ4v) is 3.77. The average Bonchev–Trinajstić information content (AvgIpc) is 2.67. The van der Waals surface area contributed by atoms with Gasteiger partial charge < -0.3 is 10.4 Å². The molecule has 0 saturated heterocycles. The quantitative estimate of drug-likeness (QED) is 0.882. The number of rotatable bonds is 4. The van der Waals surface area contributed by atoms with Crippen molar-refractivity contribution in [3.05, 3.63) is 15.6 Å². The van der Waals surface area contributed by atoms with E-state index in [0.717, 1.165) is 30.1 Å². The second-order valence-electron chi connectivity index (χ2n) is 5.74. The number of nitrogens with zero attached hydrogens (tertiary/aromatic N) is 1. The average molecular weight is 268 g/mol. The Morgan fingerprint density at radius 3 is 2.83 bits per heavy atom. The van der Waals surface area contributed by atoms with Crippen LogP contribution in [0.2, 0.25) is 0 Å². The molecule has 1 fully saturated rings. The van der Waals surface area contributed by atoms with Gasteiger partial charge in [0.1, 0.15) is 5.01 Å². The number of hydrogen-bond acceptors (Lipinski definition) is 4. The number of aryl methyl sites for hydroxylation is 2. The molecular weight excluding hydrogens is 244 g/mol. The molecule has 0 bridgehead atoms. The topological polar surface area (TPSA) is 45.2 Å². The molecule has 0 aliphatic heterocycles. The summed E-state index contributed by atoms with van der Waals surface area (Å²) < 4.78 is 0. The van der Waals surface area contributed by atoms with Crippen LogP contribution in [0.5, 0.6) is 0 Å². The number of aromatic nitrogens is 1. The highest BCUT2D eigenvalue weighted by Crippen LogP contribution is 2.32. The standard InChI is InChI=1S/C14H24N2OS/c1-10-5-4-6-14(7-10,9-17)15-8-13-16-11(2)12(3)18-13/h10,15,17H,4-9H2,1-3H3. The van der Waals surface area contributed by atoms with Crippen LogP contribution in [0.1, 0.15) is 48.2 Å². The summed E-state index contributed by atoms with van der Waals surface area (Å²) in [6.07, 6.45) is 4.66. The van der Waals surface area contributed by atoms with Gasteiger partial charge in [-0.1, -0.05) is 19.8 Å². The first-order valence-corrected chi connectivity index (χ1v) is 7.65. The molecule has 1 heterocycles. The number of nitrogens with one attached hydrogen (secondary N) is 1. The number of aliphatic hydroxyl groups is 1. The van der Waals surface area contributed by atoms with Crippen molar-refractivity contribution in [2.75, 3.05) is 6.61 Å². The first-order valence-electron chi connectivity index (χ1n) is 6.83. The predicted octanol–water partition coefficient (Wildman–Crippen LogP) is 2.79. The fraction of sp³-hybridized carbons (Fsp3) is 0.786. The molecular formula is C14H24N2OS. The van der Waals surface area contributed by atoms with Crippen LogP contribution in [0.25, 0.3) is 0 Å². The summed E-state index contributed by atoms with van der Waals surface area (Å²) in [5, 5.41) is 14.4. The van der Waals surface area contributed by atoms with Gasteiger partial charge in [0.15, 0.2) is 0 Å². The summed E-state index contributed by atoms with van der Waals surface area (Å²) in [5.74, 6) is 0.707. The van der Waals surface area contributed by atoms with Crippen molar-refractivity contribution in [1.29, 1.82) is 0 Å². The highest BCUT2D eigenvalue weighted by atomic mass is 32.1. The second-order valence-corrected chi connectivity index (χ2v) is 7.03. The van der Waals surface area contributed by atoms with Crippen molar-refractivity contribution in [3.8, 4) is 0 Å². The van der Waals surface area contributed by atoms with Crippen molar-refractivity contribution in [2.24, 2.45) is 5.92 Å². The van der Waals surface area contributed by atoms with Gasteiger partial charge in [-0.2, -0.15) is 0 Å². The van der Waals surface area contributed by atoms with Crippen molar-refractivity contribution in [3.63, 3.8) is 0 Å². The lowest BCUT2D eigenvalue weighted by atomic mass is 9.77. The van der Waals surface area contributed by atoms with Gasteiger partial charge in [0.05, 0.1) is 12.3 Å². The van der Waals surface area contributed by atoms with E-state index in [9.17, 15) is 5.11 Å². The van der Waals surface area contributed by atoms with Gasteiger partial charge in [-0.3, -0.25) is 0 Å². The van der Waals surface area contributed by atoms with Crippen molar-refractivity contribution in [1.82, 2.24) is 10.3 Å². The summed E-state index contributed by atoms with van der Waals surface area (Å²) in [4.78, 5) is 5.85. The van der Waals surface area contributed by atoms with E-state index < -0.39 is 0 Å². The Balaban J connectivity index is 1.98. The number of thiazole rings is 1. The van der Waals surface area contributed by atoms with Gasteiger partial charge in [0.2, 0.25) is 0 Å². The first-order chi connectivity index (χ1) is 8.54. The molecule has 0 radical (unpaired) electrons. The van der Waals surface area contributed by atoms with E-state index in [2.05, 4.69) is 31.1 Å². The maximum Gasteiger partial charge on any atom is 0.107 e. The molecule has 1 aliphatic carbocycles. The zero-order chi connectivity index (χ0) is 13.2. The Bertz CT molecular complexity index is 385. The molecule has 0 amide bonds. The predicted molar refractivity (Wildman–Crippen MR) is 75.9 cm³/mol. The SMILES string of the molecule is Cc1nc(CNC2(CO)CCCC(C)C2)sc1C. The molecule has 1 saturated carbocycles. The monoisotopic (exact) mass is 268 g/mol. The van der Waals surface area contributed by atoms with Crippen LogP contribution in [0, 0.1) is 19.8 Å². The largest absolute Gasteiger partial charge is 0.394 e. The zero-order valence-corrected chi connectivity index (χ0v) is 12.4. The van der Waals surface area contributed by atoms with Gasteiger partial charge >= 0.3 is 0 Å². The van der Waals surface area contributed by atoms with E-state index in [1.165, 1.54) is 17.7 Å². The second kappa shape index (κ2) is 5.68. The molecule has 2 atom stereocenters. The maximum atomic E-state index is 9.72. The maximum absolute atomic E-state index is 9.72. The summed E-state index contributed by atoms with van der Waals surface area (Å²) in [6, 6.07) is 0. The summed E-state index contributed by atoms with van der Waals surface area (Å²) >= 11 is 1.76. The van der Waals surface area contributed by atoms with E-state index >= 15 is 0 Å². The molecule has 2 unspecified atom stereocenters. The fourth-order valence-electron chi connectivity index (χ4n) is 2.90. The number of aliphatic hydroxyl groups excluding tert-OH is 1. The van der Waals surface area contributed by atoms with Crippen LogP contribution >= 0.6 is 11.3 Å². The molecule has 1 aromatic heterocycles. The molecule has 102 valence electrons. The molecule has 2 rings (SSSR count).